The van der Waals surface area contributed by atoms with Crippen molar-refractivity contribution in [2.24, 2.45) is 5.92 Å². The molecular formula is C22H21N3O3. The molecule has 6 nitrogen and oxygen atoms in total. The predicted molar refractivity (Wildman–Crippen MR) is 106 cm³/mol. The number of ether oxygens (including phenoxy) is 1. The van der Waals surface area contributed by atoms with Crippen molar-refractivity contribution in [2.45, 2.75) is 19.4 Å². The first kappa shape index (κ1) is 19.2. The molecule has 2 atom stereocenters. The van der Waals surface area contributed by atoms with Crippen molar-refractivity contribution in [1.82, 2.24) is 10.3 Å². The Morgan fingerprint density at radius 3 is 2.79 bits per heavy atom. The zero-order valence-corrected chi connectivity index (χ0v) is 15.7. The summed E-state index contributed by atoms with van der Waals surface area (Å²) < 4.78 is 4.94. The average molecular weight is 375 g/mol. The van der Waals surface area contributed by atoms with Gasteiger partial charge in [-0.05, 0) is 54.6 Å². The number of aromatic nitrogens is 1. The van der Waals surface area contributed by atoms with E-state index in [2.05, 4.69) is 16.4 Å². The second-order valence-corrected chi connectivity index (χ2v) is 6.69. The number of nitrogens with zero attached hydrogens (tertiary/aromatic N) is 1. The molecule has 0 aliphatic heterocycles. The quantitative estimate of drug-likeness (QED) is 0.647. The molecule has 0 aliphatic carbocycles. The van der Waals surface area contributed by atoms with E-state index in [1.165, 1.54) is 7.11 Å². The third-order valence-corrected chi connectivity index (χ3v) is 4.80. The molecule has 1 heterocycles. The largest absolute Gasteiger partial charge is 0.469 e. The summed E-state index contributed by atoms with van der Waals surface area (Å²) in [4.78, 5) is 28.1. The average Bonchev–Trinajstić information content (AvgIpc) is 3.19. The minimum Gasteiger partial charge on any atom is -0.469 e. The van der Waals surface area contributed by atoms with Crippen molar-refractivity contribution < 1.29 is 14.3 Å². The van der Waals surface area contributed by atoms with Crippen LogP contribution in [-0.2, 0) is 16.0 Å². The van der Waals surface area contributed by atoms with Crippen LogP contribution in [0.4, 0.5) is 0 Å². The van der Waals surface area contributed by atoms with E-state index in [4.69, 9.17) is 10.00 Å². The Labute approximate surface area is 163 Å². The number of nitriles is 1. The standard InChI is InChI=1S/C22H21N3O3/c1-14(25-21(26)18-7-6-17-8-9-24-20(17)12-18)19(22(27)28-2)11-15-4-3-5-16(10-15)13-23/h3-10,12,14,19,24H,11H2,1-2H3,(H,25,26). The van der Waals surface area contributed by atoms with Crippen molar-refractivity contribution in [3.8, 4) is 6.07 Å². The van der Waals surface area contributed by atoms with Crippen LogP contribution < -0.4 is 5.32 Å². The smallest absolute Gasteiger partial charge is 0.311 e. The lowest BCUT2D eigenvalue weighted by Crippen LogP contribution is -2.42. The van der Waals surface area contributed by atoms with Gasteiger partial charge in [0.25, 0.3) is 5.91 Å². The molecule has 0 bridgehead atoms. The Morgan fingerprint density at radius 1 is 1.21 bits per heavy atom. The van der Waals surface area contributed by atoms with Gasteiger partial charge in [0.15, 0.2) is 0 Å². The van der Waals surface area contributed by atoms with Crippen LogP contribution in [0.1, 0.15) is 28.4 Å². The normalized spacial score (nSPS) is 12.8. The number of esters is 1. The molecule has 3 aromatic rings. The third-order valence-electron chi connectivity index (χ3n) is 4.80. The molecule has 2 N–H and O–H groups in total. The molecule has 0 saturated heterocycles. The summed E-state index contributed by atoms with van der Waals surface area (Å²) in [5.41, 5.74) is 2.75. The number of aromatic amines is 1. The van der Waals surface area contributed by atoms with Crippen LogP contribution in [0.2, 0.25) is 0 Å². The molecule has 3 rings (SSSR count). The van der Waals surface area contributed by atoms with Gasteiger partial charge in [-0.2, -0.15) is 5.26 Å². The summed E-state index contributed by atoms with van der Waals surface area (Å²) in [5, 5.41) is 13.0. The Balaban J connectivity index is 1.76. The fourth-order valence-corrected chi connectivity index (χ4v) is 3.22. The van der Waals surface area contributed by atoms with Crippen LogP contribution >= 0.6 is 0 Å². The number of methoxy groups -OCH3 is 1. The number of nitrogens with one attached hydrogen (secondary N) is 2. The van der Waals surface area contributed by atoms with Crippen LogP contribution in [0.15, 0.2) is 54.7 Å². The first-order chi connectivity index (χ1) is 13.5. The van der Waals surface area contributed by atoms with E-state index >= 15 is 0 Å². The number of H-pyrrole nitrogens is 1. The van der Waals surface area contributed by atoms with E-state index in [-0.39, 0.29) is 5.91 Å². The van der Waals surface area contributed by atoms with Gasteiger partial charge in [-0.3, -0.25) is 9.59 Å². The predicted octanol–water partition coefficient (Wildman–Crippen LogP) is 3.19. The molecule has 0 aliphatic rings. The van der Waals surface area contributed by atoms with E-state index < -0.39 is 17.9 Å². The zero-order valence-electron chi connectivity index (χ0n) is 15.7. The highest BCUT2D eigenvalue weighted by Crippen LogP contribution is 2.18. The highest BCUT2D eigenvalue weighted by atomic mass is 16.5. The lowest BCUT2D eigenvalue weighted by molar-refractivity contribution is -0.146. The maximum atomic E-state index is 12.7. The number of hydrogen-bond donors (Lipinski definition) is 2. The number of fused-ring (bicyclic) bond motifs is 1. The molecule has 0 radical (unpaired) electrons. The molecule has 28 heavy (non-hydrogen) atoms. The minimum atomic E-state index is -0.572. The van der Waals surface area contributed by atoms with Crippen LogP contribution in [-0.4, -0.2) is 30.0 Å². The van der Waals surface area contributed by atoms with Gasteiger partial charge in [0, 0.05) is 23.3 Å². The Kier molecular flexibility index (Phi) is 5.75. The van der Waals surface area contributed by atoms with Crippen LogP contribution in [0.3, 0.4) is 0 Å². The maximum Gasteiger partial charge on any atom is 0.311 e. The molecule has 142 valence electrons. The lowest BCUT2D eigenvalue weighted by atomic mass is 9.92. The van der Waals surface area contributed by atoms with Crippen molar-refractivity contribution in [1.29, 1.82) is 5.26 Å². The summed E-state index contributed by atoms with van der Waals surface area (Å²) in [7, 11) is 1.33. The second kappa shape index (κ2) is 8.40. The van der Waals surface area contributed by atoms with Gasteiger partial charge in [-0.25, -0.2) is 0 Å². The molecular weight excluding hydrogens is 354 g/mol. The van der Waals surface area contributed by atoms with Gasteiger partial charge in [0.2, 0.25) is 0 Å². The number of hydrogen-bond acceptors (Lipinski definition) is 4. The van der Waals surface area contributed by atoms with Crippen molar-refractivity contribution in [3.05, 3.63) is 71.4 Å². The van der Waals surface area contributed by atoms with Gasteiger partial charge >= 0.3 is 5.97 Å². The van der Waals surface area contributed by atoms with Gasteiger partial charge in [-0.1, -0.05) is 18.2 Å². The van der Waals surface area contributed by atoms with Gasteiger partial charge in [0.1, 0.15) is 0 Å². The Hall–Kier alpha value is -3.59. The maximum absolute atomic E-state index is 12.7. The van der Waals surface area contributed by atoms with Gasteiger partial charge in [-0.15, -0.1) is 0 Å². The second-order valence-electron chi connectivity index (χ2n) is 6.69. The first-order valence-electron chi connectivity index (χ1n) is 8.96. The summed E-state index contributed by atoms with van der Waals surface area (Å²) in [6.45, 7) is 1.78. The van der Waals surface area contributed by atoms with E-state index in [0.29, 0.717) is 17.5 Å². The van der Waals surface area contributed by atoms with Gasteiger partial charge < -0.3 is 15.0 Å². The zero-order chi connectivity index (χ0) is 20.1. The molecule has 1 aromatic heterocycles. The molecule has 0 saturated carbocycles. The van der Waals surface area contributed by atoms with E-state index in [1.54, 1.807) is 37.3 Å². The molecule has 0 spiro atoms. The number of amides is 1. The van der Waals surface area contributed by atoms with Crippen molar-refractivity contribution in [2.75, 3.05) is 7.11 Å². The summed E-state index contributed by atoms with van der Waals surface area (Å²) in [6.07, 6.45) is 2.18. The van der Waals surface area contributed by atoms with Crippen molar-refractivity contribution >= 4 is 22.8 Å². The minimum absolute atomic E-state index is 0.260. The Morgan fingerprint density at radius 2 is 2.04 bits per heavy atom. The SMILES string of the molecule is COC(=O)C(Cc1cccc(C#N)c1)C(C)NC(=O)c1ccc2cc[nH]c2c1. The molecule has 2 unspecified atom stereocenters. The highest BCUT2D eigenvalue weighted by molar-refractivity contribution is 5.98. The summed E-state index contributed by atoms with van der Waals surface area (Å²) in [5.74, 6) is -1.24. The summed E-state index contributed by atoms with van der Waals surface area (Å²) >= 11 is 0. The monoisotopic (exact) mass is 375 g/mol. The van der Waals surface area contributed by atoms with Crippen LogP contribution in [0.5, 0.6) is 0 Å². The number of carbonyl (C=O) groups excluding carboxylic acids is 2. The number of carbonyl (C=O) groups is 2. The number of rotatable bonds is 6. The molecule has 2 aromatic carbocycles. The lowest BCUT2D eigenvalue weighted by Gasteiger charge is -2.23. The number of benzene rings is 2. The van der Waals surface area contributed by atoms with Gasteiger partial charge in [0.05, 0.1) is 24.7 Å². The van der Waals surface area contributed by atoms with Crippen LogP contribution in [0.25, 0.3) is 10.9 Å². The van der Waals surface area contributed by atoms with E-state index in [9.17, 15) is 9.59 Å². The highest BCUT2D eigenvalue weighted by Gasteiger charge is 2.28. The molecule has 6 heteroatoms. The van der Waals surface area contributed by atoms with E-state index in [0.717, 1.165) is 16.5 Å². The molecule has 0 fully saturated rings. The summed E-state index contributed by atoms with van der Waals surface area (Å²) in [6, 6.07) is 16.0. The fraction of sp³-hybridized carbons (Fsp3) is 0.227. The molecule has 1 amide bonds. The topological polar surface area (TPSA) is 95.0 Å². The van der Waals surface area contributed by atoms with E-state index in [1.807, 2.05) is 24.4 Å². The van der Waals surface area contributed by atoms with Crippen LogP contribution in [0, 0.1) is 17.2 Å². The Bertz CT molecular complexity index is 1050. The first-order valence-corrected chi connectivity index (χ1v) is 8.96. The van der Waals surface area contributed by atoms with Crippen molar-refractivity contribution in [3.63, 3.8) is 0 Å². The fourth-order valence-electron chi connectivity index (χ4n) is 3.22. The third kappa shape index (κ3) is 4.21.